The van der Waals surface area contributed by atoms with Gasteiger partial charge in [-0.15, -0.1) is 0 Å². The molecule has 2 rings (SSSR count). The fourth-order valence-corrected chi connectivity index (χ4v) is 2.46. The summed E-state index contributed by atoms with van der Waals surface area (Å²) in [4.78, 5) is 12.0. The molecule has 4 heteroatoms. The predicted octanol–water partition coefficient (Wildman–Crippen LogP) is 1.35. The monoisotopic (exact) mass is 262 g/mol. The maximum absolute atomic E-state index is 12.0. The van der Waals surface area contributed by atoms with Crippen molar-refractivity contribution in [1.29, 1.82) is 0 Å². The second-order valence-electron chi connectivity index (χ2n) is 5.13. The zero-order chi connectivity index (χ0) is 13.7. The van der Waals surface area contributed by atoms with Crippen molar-refractivity contribution in [3.8, 4) is 5.75 Å². The van der Waals surface area contributed by atoms with Crippen LogP contribution in [0.1, 0.15) is 18.9 Å². The molecule has 104 valence electrons. The van der Waals surface area contributed by atoms with Crippen LogP contribution in [0.4, 0.5) is 0 Å². The third-order valence-electron chi connectivity index (χ3n) is 3.72. The summed E-state index contributed by atoms with van der Waals surface area (Å²) < 4.78 is 5.10. The SMILES string of the molecule is COc1ccc(CC(=O)NC(C)C2CCNC2)cc1. The number of hydrogen-bond donors (Lipinski definition) is 2. The fourth-order valence-electron chi connectivity index (χ4n) is 2.46. The molecular formula is C15H22N2O2. The molecule has 0 saturated carbocycles. The smallest absolute Gasteiger partial charge is 0.224 e. The van der Waals surface area contributed by atoms with Crippen LogP contribution in [-0.4, -0.2) is 32.1 Å². The Bertz CT molecular complexity index is 411. The minimum atomic E-state index is 0.0876. The molecule has 2 N–H and O–H groups in total. The van der Waals surface area contributed by atoms with Gasteiger partial charge in [0.2, 0.25) is 5.91 Å². The van der Waals surface area contributed by atoms with Gasteiger partial charge in [-0.1, -0.05) is 12.1 Å². The van der Waals surface area contributed by atoms with Crippen molar-refractivity contribution in [3.05, 3.63) is 29.8 Å². The van der Waals surface area contributed by atoms with Crippen molar-refractivity contribution in [2.75, 3.05) is 20.2 Å². The molecule has 0 spiro atoms. The Morgan fingerprint density at radius 1 is 1.47 bits per heavy atom. The first-order chi connectivity index (χ1) is 9.19. The lowest BCUT2D eigenvalue weighted by Crippen LogP contribution is -2.39. The molecule has 2 unspecified atom stereocenters. The molecule has 0 aromatic heterocycles. The average Bonchev–Trinajstić information content (AvgIpc) is 2.93. The number of methoxy groups -OCH3 is 1. The van der Waals surface area contributed by atoms with E-state index in [1.54, 1.807) is 7.11 Å². The Balaban J connectivity index is 1.82. The summed E-state index contributed by atoms with van der Waals surface area (Å²) in [7, 11) is 1.64. The van der Waals surface area contributed by atoms with Crippen LogP contribution in [-0.2, 0) is 11.2 Å². The number of nitrogens with one attached hydrogen (secondary N) is 2. The van der Waals surface area contributed by atoms with Gasteiger partial charge in [-0.3, -0.25) is 4.79 Å². The second-order valence-corrected chi connectivity index (χ2v) is 5.13. The Hall–Kier alpha value is -1.55. The highest BCUT2D eigenvalue weighted by Gasteiger charge is 2.22. The number of hydrogen-bond acceptors (Lipinski definition) is 3. The zero-order valence-electron chi connectivity index (χ0n) is 11.6. The van der Waals surface area contributed by atoms with Crippen molar-refractivity contribution in [1.82, 2.24) is 10.6 Å². The maximum Gasteiger partial charge on any atom is 0.224 e. The van der Waals surface area contributed by atoms with E-state index in [9.17, 15) is 4.79 Å². The first kappa shape index (κ1) is 13.9. The first-order valence-electron chi connectivity index (χ1n) is 6.82. The largest absolute Gasteiger partial charge is 0.497 e. The minimum absolute atomic E-state index is 0.0876. The molecule has 1 saturated heterocycles. The predicted molar refractivity (Wildman–Crippen MR) is 75.3 cm³/mol. The van der Waals surface area contributed by atoms with Gasteiger partial charge in [-0.05, 0) is 50.0 Å². The number of rotatable bonds is 5. The van der Waals surface area contributed by atoms with Crippen LogP contribution in [0.25, 0.3) is 0 Å². The quantitative estimate of drug-likeness (QED) is 0.842. The third kappa shape index (κ3) is 3.96. The van der Waals surface area contributed by atoms with Crippen LogP contribution in [0.5, 0.6) is 5.75 Å². The van der Waals surface area contributed by atoms with E-state index in [0.29, 0.717) is 12.3 Å². The number of carbonyl (C=O) groups excluding carboxylic acids is 1. The maximum atomic E-state index is 12.0. The molecule has 1 aromatic rings. The Labute approximate surface area is 114 Å². The lowest BCUT2D eigenvalue weighted by atomic mass is 10.0. The van der Waals surface area contributed by atoms with Crippen molar-refractivity contribution in [3.63, 3.8) is 0 Å². The lowest BCUT2D eigenvalue weighted by Gasteiger charge is -2.19. The molecule has 4 nitrogen and oxygen atoms in total. The van der Waals surface area contributed by atoms with E-state index in [2.05, 4.69) is 17.6 Å². The molecule has 1 heterocycles. The molecule has 0 bridgehead atoms. The first-order valence-corrected chi connectivity index (χ1v) is 6.82. The highest BCUT2D eigenvalue weighted by atomic mass is 16.5. The summed E-state index contributed by atoms with van der Waals surface area (Å²) in [5, 5.41) is 6.41. The van der Waals surface area contributed by atoms with Crippen LogP contribution in [0.2, 0.25) is 0 Å². The molecule has 19 heavy (non-hydrogen) atoms. The summed E-state index contributed by atoms with van der Waals surface area (Å²) >= 11 is 0. The molecule has 1 aliphatic rings. The summed E-state index contributed by atoms with van der Waals surface area (Å²) in [6.45, 7) is 4.15. The van der Waals surface area contributed by atoms with Crippen LogP contribution in [0.15, 0.2) is 24.3 Å². The van der Waals surface area contributed by atoms with E-state index in [4.69, 9.17) is 4.74 Å². The van der Waals surface area contributed by atoms with Crippen molar-refractivity contribution in [2.45, 2.75) is 25.8 Å². The van der Waals surface area contributed by atoms with Gasteiger partial charge in [0.15, 0.2) is 0 Å². The van der Waals surface area contributed by atoms with Crippen LogP contribution in [0.3, 0.4) is 0 Å². The molecule has 0 radical (unpaired) electrons. The zero-order valence-corrected chi connectivity index (χ0v) is 11.6. The van der Waals surface area contributed by atoms with E-state index in [1.807, 2.05) is 24.3 Å². The third-order valence-corrected chi connectivity index (χ3v) is 3.72. The molecule has 1 aromatic carbocycles. The lowest BCUT2D eigenvalue weighted by molar-refractivity contribution is -0.121. The van der Waals surface area contributed by atoms with Gasteiger partial charge in [-0.2, -0.15) is 0 Å². The highest BCUT2D eigenvalue weighted by Crippen LogP contribution is 2.14. The van der Waals surface area contributed by atoms with Crippen molar-refractivity contribution in [2.24, 2.45) is 5.92 Å². The Morgan fingerprint density at radius 3 is 2.79 bits per heavy atom. The molecule has 0 aliphatic carbocycles. The number of benzene rings is 1. The Morgan fingerprint density at radius 2 is 2.21 bits per heavy atom. The molecule has 1 amide bonds. The fraction of sp³-hybridized carbons (Fsp3) is 0.533. The number of ether oxygens (including phenoxy) is 1. The molecule has 2 atom stereocenters. The van der Waals surface area contributed by atoms with E-state index in [0.717, 1.165) is 30.8 Å². The van der Waals surface area contributed by atoms with Crippen LogP contribution in [0, 0.1) is 5.92 Å². The van der Waals surface area contributed by atoms with Gasteiger partial charge in [0.1, 0.15) is 5.75 Å². The number of carbonyl (C=O) groups is 1. The van der Waals surface area contributed by atoms with Gasteiger partial charge in [0.25, 0.3) is 0 Å². The normalized spacial score (nSPS) is 20.0. The Kier molecular flexibility index (Phi) is 4.80. The summed E-state index contributed by atoms with van der Waals surface area (Å²) in [6, 6.07) is 7.86. The second kappa shape index (κ2) is 6.57. The van der Waals surface area contributed by atoms with Gasteiger partial charge in [0.05, 0.1) is 13.5 Å². The standard InChI is InChI=1S/C15H22N2O2/c1-11(13-7-8-16-10-13)17-15(18)9-12-3-5-14(19-2)6-4-12/h3-6,11,13,16H,7-10H2,1-2H3,(H,17,18). The van der Waals surface area contributed by atoms with Gasteiger partial charge in [-0.25, -0.2) is 0 Å². The van der Waals surface area contributed by atoms with Gasteiger partial charge in [0, 0.05) is 6.04 Å². The van der Waals surface area contributed by atoms with Crippen molar-refractivity contribution >= 4 is 5.91 Å². The van der Waals surface area contributed by atoms with Crippen molar-refractivity contribution < 1.29 is 9.53 Å². The van der Waals surface area contributed by atoms with Gasteiger partial charge >= 0.3 is 0 Å². The average molecular weight is 262 g/mol. The van der Waals surface area contributed by atoms with Crippen LogP contribution < -0.4 is 15.4 Å². The van der Waals surface area contributed by atoms with E-state index in [1.165, 1.54) is 0 Å². The summed E-state index contributed by atoms with van der Waals surface area (Å²) in [5.74, 6) is 1.46. The van der Waals surface area contributed by atoms with E-state index in [-0.39, 0.29) is 11.9 Å². The summed E-state index contributed by atoms with van der Waals surface area (Å²) in [5.41, 5.74) is 1.01. The van der Waals surface area contributed by atoms with Gasteiger partial charge < -0.3 is 15.4 Å². The van der Waals surface area contributed by atoms with E-state index >= 15 is 0 Å². The minimum Gasteiger partial charge on any atom is -0.497 e. The number of amides is 1. The molecule has 1 fully saturated rings. The molecular weight excluding hydrogens is 240 g/mol. The summed E-state index contributed by atoms with van der Waals surface area (Å²) in [6.07, 6.45) is 1.57. The molecule has 1 aliphatic heterocycles. The van der Waals surface area contributed by atoms with E-state index < -0.39 is 0 Å². The van der Waals surface area contributed by atoms with Crippen LogP contribution >= 0.6 is 0 Å². The topological polar surface area (TPSA) is 50.4 Å². The highest BCUT2D eigenvalue weighted by molar-refractivity contribution is 5.78.